The van der Waals surface area contributed by atoms with Crippen LogP contribution in [0, 0.1) is 5.82 Å². The van der Waals surface area contributed by atoms with Crippen molar-refractivity contribution >= 4 is 27.5 Å². The van der Waals surface area contributed by atoms with Gasteiger partial charge in [-0.2, -0.15) is 0 Å². The van der Waals surface area contributed by atoms with Crippen LogP contribution in [0.4, 0.5) is 4.39 Å². The van der Waals surface area contributed by atoms with Crippen LogP contribution in [0.3, 0.4) is 0 Å². The smallest absolute Gasteiger partial charge is 0.127 e. The molecule has 84 valence electrons. The topological polar surface area (TPSA) is 0 Å². The van der Waals surface area contributed by atoms with E-state index in [1.165, 1.54) is 6.07 Å². The molecule has 0 aliphatic carbocycles. The SMILES string of the molecule is CCC(Br)CCCc1c(F)cccc1Cl. The number of halogens is 3. The minimum atomic E-state index is -0.190. The summed E-state index contributed by atoms with van der Waals surface area (Å²) in [5.74, 6) is -0.190. The molecule has 0 spiro atoms. The maximum atomic E-state index is 13.4. The van der Waals surface area contributed by atoms with Crippen LogP contribution >= 0.6 is 27.5 Å². The van der Waals surface area contributed by atoms with Crippen LogP contribution in [0.1, 0.15) is 31.7 Å². The Morgan fingerprint density at radius 2 is 2.20 bits per heavy atom. The van der Waals surface area contributed by atoms with E-state index in [9.17, 15) is 4.39 Å². The van der Waals surface area contributed by atoms with Gasteiger partial charge in [0.25, 0.3) is 0 Å². The molecule has 1 aromatic carbocycles. The molecule has 3 heteroatoms. The van der Waals surface area contributed by atoms with Crippen LogP contribution in [0.25, 0.3) is 0 Å². The molecule has 15 heavy (non-hydrogen) atoms. The van der Waals surface area contributed by atoms with Gasteiger partial charge in [0.05, 0.1) is 0 Å². The molecule has 1 rings (SSSR count). The van der Waals surface area contributed by atoms with Crippen LogP contribution in [0.2, 0.25) is 5.02 Å². The Balaban J connectivity index is 2.50. The van der Waals surface area contributed by atoms with Crippen molar-refractivity contribution in [1.29, 1.82) is 0 Å². The van der Waals surface area contributed by atoms with E-state index in [0.29, 0.717) is 21.8 Å². The second kappa shape index (κ2) is 6.49. The zero-order valence-corrected chi connectivity index (χ0v) is 11.1. The molecule has 0 aromatic heterocycles. The van der Waals surface area contributed by atoms with Gasteiger partial charge in [0, 0.05) is 15.4 Å². The van der Waals surface area contributed by atoms with Gasteiger partial charge in [0.2, 0.25) is 0 Å². The normalized spacial score (nSPS) is 12.8. The lowest BCUT2D eigenvalue weighted by atomic mass is 10.1. The maximum Gasteiger partial charge on any atom is 0.127 e. The highest BCUT2D eigenvalue weighted by Gasteiger charge is 2.07. The van der Waals surface area contributed by atoms with E-state index < -0.39 is 0 Å². The van der Waals surface area contributed by atoms with Gasteiger partial charge in [-0.05, 0) is 37.8 Å². The highest BCUT2D eigenvalue weighted by atomic mass is 79.9. The summed E-state index contributed by atoms with van der Waals surface area (Å²) in [5, 5.41) is 0.539. The lowest BCUT2D eigenvalue weighted by Gasteiger charge is -2.08. The third-order valence-corrected chi connectivity index (χ3v) is 3.91. The first-order chi connectivity index (χ1) is 7.15. The van der Waals surface area contributed by atoms with Crippen LogP contribution < -0.4 is 0 Å². The fourth-order valence-electron chi connectivity index (χ4n) is 1.48. The molecule has 0 heterocycles. The van der Waals surface area contributed by atoms with Crippen molar-refractivity contribution < 1.29 is 4.39 Å². The number of hydrogen-bond acceptors (Lipinski definition) is 0. The molecule has 0 nitrogen and oxygen atoms in total. The van der Waals surface area contributed by atoms with E-state index in [-0.39, 0.29) is 5.82 Å². The fraction of sp³-hybridized carbons (Fsp3) is 0.500. The third kappa shape index (κ3) is 4.12. The van der Waals surface area contributed by atoms with Crippen molar-refractivity contribution in [1.82, 2.24) is 0 Å². The molecule has 0 saturated heterocycles. The first kappa shape index (κ1) is 13.0. The number of hydrogen-bond donors (Lipinski definition) is 0. The van der Waals surface area contributed by atoms with Gasteiger partial charge in [-0.1, -0.05) is 40.5 Å². The zero-order valence-electron chi connectivity index (χ0n) is 8.77. The number of rotatable bonds is 5. The van der Waals surface area contributed by atoms with Crippen LogP contribution in [-0.2, 0) is 6.42 Å². The second-order valence-electron chi connectivity index (χ2n) is 3.60. The van der Waals surface area contributed by atoms with E-state index in [4.69, 9.17) is 11.6 Å². The van der Waals surface area contributed by atoms with Gasteiger partial charge in [0.1, 0.15) is 5.82 Å². The van der Waals surface area contributed by atoms with Crippen LogP contribution in [0.15, 0.2) is 18.2 Å². The summed E-state index contributed by atoms with van der Waals surface area (Å²) >= 11 is 9.49. The molecule has 0 fully saturated rings. The number of benzene rings is 1. The monoisotopic (exact) mass is 292 g/mol. The maximum absolute atomic E-state index is 13.4. The van der Waals surface area contributed by atoms with Gasteiger partial charge in [0.15, 0.2) is 0 Å². The number of alkyl halides is 1. The summed E-state index contributed by atoms with van der Waals surface area (Å²) < 4.78 is 13.4. The summed E-state index contributed by atoms with van der Waals surface area (Å²) in [7, 11) is 0. The summed E-state index contributed by atoms with van der Waals surface area (Å²) in [6, 6.07) is 4.85. The van der Waals surface area contributed by atoms with E-state index in [1.54, 1.807) is 12.1 Å². The Labute approximate surface area is 104 Å². The molecule has 0 radical (unpaired) electrons. The van der Waals surface area contributed by atoms with E-state index in [1.807, 2.05) is 0 Å². The Morgan fingerprint density at radius 1 is 1.47 bits per heavy atom. The molecule has 1 unspecified atom stereocenters. The highest BCUT2D eigenvalue weighted by molar-refractivity contribution is 9.09. The molecular weight excluding hydrogens is 278 g/mol. The minimum Gasteiger partial charge on any atom is -0.207 e. The van der Waals surface area contributed by atoms with Gasteiger partial charge in [-0.25, -0.2) is 4.39 Å². The first-order valence-corrected chi connectivity index (χ1v) is 6.51. The second-order valence-corrected chi connectivity index (χ2v) is 5.30. The van der Waals surface area contributed by atoms with E-state index in [0.717, 1.165) is 19.3 Å². The Bertz CT molecular complexity index is 294. The lowest BCUT2D eigenvalue weighted by Crippen LogP contribution is -1.98. The lowest BCUT2D eigenvalue weighted by molar-refractivity contribution is 0.597. The first-order valence-electron chi connectivity index (χ1n) is 5.22. The van der Waals surface area contributed by atoms with Gasteiger partial charge >= 0.3 is 0 Å². The largest absolute Gasteiger partial charge is 0.207 e. The molecule has 1 aromatic rings. The minimum absolute atomic E-state index is 0.190. The van der Waals surface area contributed by atoms with E-state index >= 15 is 0 Å². The molecular formula is C12H15BrClF. The standard InChI is InChI=1S/C12H15BrClF/c1-2-9(13)5-3-6-10-11(14)7-4-8-12(10)15/h4,7-9H,2-3,5-6H2,1H3. The highest BCUT2D eigenvalue weighted by Crippen LogP contribution is 2.22. The van der Waals surface area contributed by atoms with Crippen molar-refractivity contribution in [3.63, 3.8) is 0 Å². The van der Waals surface area contributed by atoms with Crippen molar-refractivity contribution in [2.24, 2.45) is 0 Å². The molecule has 0 aliphatic rings. The van der Waals surface area contributed by atoms with Crippen LogP contribution in [-0.4, -0.2) is 4.83 Å². The predicted molar refractivity (Wildman–Crippen MR) is 67.4 cm³/mol. The van der Waals surface area contributed by atoms with E-state index in [2.05, 4.69) is 22.9 Å². The summed E-state index contributed by atoms with van der Waals surface area (Å²) in [5.41, 5.74) is 0.648. The van der Waals surface area contributed by atoms with Gasteiger partial charge < -0.3 is 0 Å². The Hall–Kier alpha value is -0.0800. The van der Waals surface area contributed by atoms with Crippen molar-refractivity contribution in [2.75, 3.05) is 0 Å². The molecule has 0 saturated carbocycles. The van der Waals surface area contributed by atoms with Crippen LogP contribution in [0.5, 0.6) is 0 Å². The van der Waals surface area contributed by atoms with Gasteiger partial charge in [-0.15, -0.1) is 0 Å². The molecule has 0 amide bonds. The molecule has 0 N–H and O–H groups in total. The summed E-state index contributed by atoms with van der Waals surface area (Å²) in [6.45, 7) is 2.13. The quantitative estimate of drug-likeness (QED) is 0.672. The third-order valence-electron chi connectivity index (χ3n) is 2.45. The molecule has 0 bridgehead atoms. The summed E-state index contributed by atoms with van der Waals surface area (Å²) in [4.78, 5) is 0.531. The molecule has 1 atom stereocenters. The van der Waals surface area contributed by atoms with Crippen molar-refractivity contribution in [3.8, 4) is 0 Å². The average Bonchev–Trinajstić information content (AvgIpc) is 2.22. The van der Waals surface area contributed by atoms with Gasteiger partial charge in [-0.3, -0.25) is 0 Å². The van der Waals surface area contributed by atoms with Crippen molar-refractivity contribution in [3.05, 3.63) is 34.6 Å². The summed E-state index contributed by atoms with van der Waals surface area (Å²) in [6.07, 6.45) is 3.84. The Kier molecular flexibility index (Phi) is 5.62. The molecule has 0 aliphatic heterocycles. The Morgan fingerprint density at radius 3 is 2.80 bits per heavy atom. The predicted octanol–water partition coefficient (Wildman–Crippen LogP) is 4.98. The fourth-order valence-corrected chi connectivity index (χ4v) is 2.06. The van der Waals surface area contributed by atoms with Crippen molar-refractivity contribution in [2.45, 2.75) is 37.4 Å². The average molecular weight is 294 g/mol. The zero-order chi connectivity index (χ0) is 11.3.